The number of aliphatic hydroxyl groups is 1. The molecule has 88 valence electrons. The molecule has 0 saturated heterocycles. The Morgan fingerprint density at radius 3 is 2.62 bits per heavy atom. The van der Waals surface area contributed by atoms with Gasteiger partial charge in [-0.05, 0) is 37.0 Å². The van der Waals surface area contributed by atoms with Crippen LogP contribution in [-0.2, 0) is 0 Å². The molecule has 0 heterocycles. The Labute approximate surface area is 105 Å². The van der Waals surface area contributed by atoms with Crippen molar-refractivity contribution in [1.29, 1.82) is 0 Å². The van der Waals surface area contributed by atoms with Gasteiger partial charge in [0.2, 0.25) is 0 Å². The fourth-order valence-electron chi connectivity index (χ4n) is 2.40. The van der Waals surface area contributed by atoms with Crippen molar-refractivity contribution >= 4 is 15.9 Å². The number of rotatable bonds is 3. The third kappa shape index (κ3) is 1.92. The molecular formula is C13H18BrNO. The molecule has 1 atom stereocenters. The predicted octanol–water partition coefficient (Wildman–Crippen LogP) is 2.92. The van der Waals surface area contributed by atoms with E-state index >= 15 is 0 Å². The first-order valence-corrected chi connectivity index (χ1v) is 6.52. The molecule has 1 unspecified atom stereocenters. The summed E-state index contributed by atoms with van der Waals surface area (Å²) in [6.07, 6.45) is 2.80. The molecule has 3 heteroatoms. The molecule has 0 spiro atoms. The lowest BCUT2D eigenvalue weighted by atomic mass is 9.63. The molecule has 2 nitrogen and oxygen atoms in total. The van der Waals surface area contributed by atoms with Crippen molar-refractivity contribution in [1.82, 2.24) is 0 Å². The van der Waals surface area contributed by atoms with E-state index in [1.165, 1.54) is 12.0 Å². The molecule has 1 aliphatic carbocycles. The summed E-state index contributed by atoms with van der Waals surface area (Å²) in [5.41, 5.74) is 7.89. The van der Waals surface area contributed by atoms with Gasteiger partial charge in [-0.15, -0.1) is 0 Å². The Kier molecular flexibility index (Phi) is 3.38. The van der Waals surface area contributed by atoms with Gasteiger partial charge in [-0.2, -0.15) is 0 Å². The average molecular weight is 284 g/mol. The minimum Gasteiger partial charge on any atom is -0.388 e. The first-order valence-electron chi connectivity index (χ1n) is 5.73. The fourth-order valence-corrected chi connectivity index (χ4v) is 3.11. The molecule has 16 heavy (non-hydrogen) atoms. The van der Waals surface area contributed by atoms with Gasteiger partial charge in [-0.25, -0.2) is 0 Å². The minimum atomic E-state index is -0.443. The Bertz CT molecular complexity index is 382. The van der Waals surface area contributed by atoms with E-state index in [0.29, 0.717) is 6.54 Å². The van der Waals surface area contributed by atoms with Crippen LogP contribution in [0.3, 0.4) is 0 Å². The highest BCUT2D eigenvalue weighted by atomic mass is 79.9. The van der Waals surface area contributed by atoms with Crippen LogP contribution < -0.4 is 5.73 Å². The molecule has 0 aromatic heterocycles. The first-order chi connectivity index (χ1) is 7.59. The number of aliphatic hydroxyl groups excluding tert-OH is 1. The van der Waals surface area contributed by atoms with Crippen molar-refractivity contribution in [3.05, 3.63) is 33.8 Å². The van der Waals surface area contributed by atoms with Gasteiger partial charge in [-0.1, -0.05) is 34.5 Å². The van der Waals surface area contributed by atoms with Gasteiger partial charge in [0.1, 0.15) is 0 Å². The highest BCUT2D eigenvalue weighted by molar-refractivity contribution is 9.10. The molecule has 1 aliphatic rings. The third-order valence-corrected chi connectivity index (χ3v) is 4.47. The van der Waals surface area contributed by atoms with Crippen molar-refractivity contribution in [2.45, 2.75) is 32.3 Å². The van der Waals surface area contributed by atoms with E-state index in [1.807, 2.05) is 25.1 Å². The molecule has 1 aromatic carbocycles. The van der Waals surface area contributed by atoms with Crippen molar-refractivity contribution < 1.29 is 5.11 Å². The predicted molar refractivity (Wildman–Crippen MR) is 69.2 cm³/mol. The van der Waals surface area contributed by atoms with Crippen molar-refractivity contribution in [2.75, 3.05) is 6.54 Å². The van der Waals surface area contributed by atoms with E-state index in [2.05, 4.69) is 15.9 Å². The number of aryl methyl sites for hydroxylation is 1. The van der Waals surface area contributed by atoms with Crippen LogP contribution in [0.1, 0.15) is 36.5 Å². The van der Waals surface area contributed by atoms with Gasteiger partial charge in [0.25, 0.3) is 0 Å². The summed E-state index contributed by atoms with van der Waals surface area (Å²) in [5, 5.41) is 10.5. The molecule has 0 radical (unpaired) electrons. The minimum absolute atomic E-state index is 0.0855. The maximum absolute atomic E-state index is 10.5. The molecule has 0 amide bonds. The number of hydrogen-bond acceptors (Lipinski definition) is 2. The topological polar surface area (TPSA) is 46.2 Å². The molecule has 1 fully saturated rings. The second-order valence-electron chi connectivity index (χ2n) is 4.85. The second kappa shape index (κ2) is 4.47. The van der Waals surface area contributed by atoms with Crippen LogP contribution in [0.15, 0.2) is 22.7 Å². The maximum atomic E-state index is 10.5. The van der Waals surface area contributed by atoms with Crippen LogP contribution in [-0.4, -0.2) is 11.7 Å². The van der Waals surface area contributed by atoms with E-state index in [0.717, 1.165) is 22.9 Å². The van der Waals surface area contributed by atoms with E-state index < -0.39 is 6.10 Å². The van der Waals surface area contributed by atoms with E-state index in [9.17, 15) is 5.11 Å². The standard InChI is InChI=1S/C13H18BrNO/c1-9-3-4-10(11(14)7-9)12(16)13(8-15)5-2-6-13/h3-4,7,12,16H,2,5-6,8,15H2,1H3. The number of nitrogens with two attached hydrogens (primary N) is 1. The lowest BCUT2D eigenvalue weighted by Gasteiger charge is -2.45. The quantitative estimate of drug-likeness (QED) is 0.896. The molecule has 0 bridgehead atoms. The zero-order valence-electron chi connectivity index (χ0n) is 9.54. The van der Waals surface area contributed by atoms with Gasteiger partial charge < -0.3 is 10.8 Å². The largest absolute Gasteiger partial charge is 0.388 e. The molecule has 1 saturated carbocycles. The van der Waals surface area contributed by atoms with Crippen LogP contribution in [0.25, 0.3) is 0 Å². The van der Waals surface area contributed by atoms with Gasteiger partial charge in [-0.3, -0.25) is 0 Å². The van der Waals surface area contributed by atoms with E-state index in [4.69, 9.17) is 5.73 Å². The Morgan fingerprint density at radius 2 is 2.19 bits per heavy atom. The zero-order chi connectivity index (χ0) is 11.8. The first kappa shape index (κ1) is 12.1. The van der Waals surface area contributed by atoms with E-state index in [1.54, 1.807) is 0 Å². The zero-order valence-corrected chi connectivity index (χ0v) is 11.1. The maximum Gasteiger partial charge on any atom is 0.0869 e. The number of benzene rings is 1. The summed E-state index contributed by atoms with van der Waals surface area (Å²) < 4.78 is 0.986. The molecule has 1 aromatic rings. The summed E-state index contributed by atoms with van der Waals surface area (Å²) in [5.74, 6) is 0. The van der Waals surface area contributed by atoms with Crippen molar-refractivity contribution in [3.63, 3.8) is 0 Å². The number of halogens is 1. The Hall–Kier alpha value is -0.380. The van der Waals surface area contributed by atoms with Crippen LogP contribution >= 0.6 is 15.9 Å². The molecule has 3 N–H and O–H groups in total. The van der Waals surface area contributed by atoms with Crippen LogP contribution in [0.2, 0.25) is 0 Å². The summed E-state index contributed by atoms with van der Waals surface area (Å²) in [7, 11) is 0. The van der Waals surface area contributed by atoms with Gasteiger partial charge in [0, 0.05) is 16.4 Å². The van der Waals surface area contributed by atoms with Crippen molar-refractivity contribution in [3.8, 4) is 0 Å². The lowest BCUT2D eigenvalue weighted by Crippen LogP contribution is -2.42. The molecule has 2 rings (SSSR count). The summed E-state index contributed by atoms with van der Waals surface area (Å²) in [4.78, 5) is 0. The van der Waals surface area contributed by atoms with Crippen LogP contribution in [0, 0.1) is 12.3 Å². The molecular weight excluding hydrogens is 266 g/mol. The highest BCUT2D eigenvalue weighted by Gasteiger charge is 2.43. The SMILES string of the molecule is Cc1ccc(C(O)C2(CN)CCC2)c(Br)c1. The second-order valence-corrected chi connectivity index (χ2v) is 5.70. The normalized spacial score (nSPS) is 20.2. The van der Waals surface area contributed by atoms with Crippen LogP contribution in [0.5, 0.6) is 0 Å². The Balaban J connectivity index is 2.29. The molecule has 0 aliphatic heterocycles. The number of hydrogen-bond donors (Lipinski definition) is 2. The fraction of sp³-hybridized carbons (Fsp3) is 0.538. The smallest absolute Gasteiger partial charge is 0.0869 e. The average Bonchev–Trinajstić information content (AvgIpc) is 2.16. The van der Waals surface area contributed by atoms with E-state index in [-0.39, 0.29) is 5.41 Å². The highest BCUT2D eigenvalue weighted by Crippen LogP contribution is 2.50. The summed E-state index contributed by atoms with van der Waals surface area (Å²) in [6, 6.07) is 6.08. The monoisotopic (exact) mass is 283 g/mol. The summed E-state index contributed by atoms with van der Waals surface area (Å²) in [6.45, 7) is 2.61. The summed E-state index contributed by atoms with van der Waals surface area (Å²) >= 11 is 3.52. The van der Waals surface area contributed by atoms with Crippen LogP contribution in [0.4, 0.5) is 0 Å². The van der Waals surface area contributed by atoms with Crippen molar-refractivity contribution in [2.24, 2.45) is 11.1 Å². The van der Waals surface area contributed by atoms with Gasteiger partial charge in [0.05, 0.1) is 6.10 Å². The lowest BCUT2D eigenvalue weighted by molar-refractivity contribution is -0.0301. The third-order valence-electron chi connectivity index (χ3n) is 3.79. The van der Waals surface area contributed by atoms with Gasteiger partial charge >= 0.3 is 0 Å². The Morgan fingerprint density at radius 1 is 1.50 bits per heavy atom. The van der Waals surface area contributed by atoms with Gasteiger partial charge in [0.15, 0.2) is 0 Å².